The Labute approximate surface area is 189 Å². The minimum Gasteiger partial charge on any atom is -0.278 e. The van der Waals surface area contributed by atoms with Crippen molar-refractivity contribution in [3.05, 3.63) is 109 Å². The molecule has 3 heterocycles. The first-order valence-corrected chi connectivity index (χ1v) is 11.0. The van der Waals surface area contributed by atoms with E-state index in [0.717, 1.165) is 44.0 Å². The highest BCUT2D eigenvalue weighted by Crippen LogP contribution is 2.35. The second-order valence-corrected chi connectivity index (χ2v) is 8.17. The van der Waals surface area contributed by atoms with Crippen LogP contribution >= 0.6 is 0 Å². The van der Waals surface area contributed by atoms with Crippen LogP contribution in [0.25, 0.3) is 60.7 Å². The first-order valence-electron chi connectivity index (χ1n) is 11.0. The zero-order valence-electron chi connectivity index (χ0n) is 17.7. The van der Waals surface area contributed by atoms with Crippen LogP contribution in [0.3, 0.4) is 0 Å². The number of rotatable bonds is 2. The maximum atomic E-state index is 5.18. The quantitative estimate of drug-likeness (QED) is 0.303. The van der Waals surface area contributed by atoms with Gasteiger partial charge in [0.25, 0.3) is 0 Å². The SMILES string of the molecule is c1ccc2c(-c3nc(-n4c5ccccc5c5ccccc54)nc4ccccc34)cncc2c1. The zero-order chi connectivity index (χ0) is 21.8. The van der Waals surface area contributed by atoms with Gasteiger partial charge in [0.2, 0.25) is 5.95 Å². The predicted octanol–water partition coefficient (Wildman–Crippen LogP) is 6.94. The average Bonchev–Trinajstić information content (AvgIpc) is 3.22. The summed E-state index contributed by atoms with van der Waals surface area (Å²) in [6, 6.07) is 33.4. The summed E-state index contributed by atoms with van der Waals surface area (Å²) in [4.78, 5) is 14.7. The molecule has 0 N–H and O–H groups in total. The molecule has 33 heavy (non-hydrogen) atoms. The van der Waals surface area contributed by atoms with Crippen LogP contribution in [0.2, 0.25) is 0 Å². The molecule has 0 aliphatic carbocycles. The molecule has 0 aliphatic rings. The third kappa shape index (κ3) is 2.68. The molecule has 4 nitrogen and oxygen atoms in total. The number of benzene rings is 4. The van der Waals surface area contributed by atoms with Gasteiger partial charge in [-0.1, -0.05) is 78.9 Å². The molecule has 0 amide bonds. The minimum absolute atomic E-state index is 0.661. The number of nitrogens with zero attached hydrogens (tertiary/aromatic N) is 4. The van der Waals surface area contributed by atoms with E-state index in [-0.39, 0.29) is 0 Å². The lowest BCUT2D eigenvalue weighted by Crippen LogP contribution is -2.03. The van der Waals surface area contributed by atoms with Crippen molar-refractivity contribution in [1.82, 2.24) is 19.5 Å². The topological polar surface area (TPSA) is 43.6 Å². The largest absolute Gasteiger partial charge is 0.278 e. The predicted molar refractivity (Wildman–Crippen MR) is 135 cm³/mol. The Balaban J connectivity index is 1.63. The second kappa shape index (κ2) is 6.97. The summed E-state index contributed by atoms with van der Waals surface area (Å²) in [6.07, 6.45) is 3.81. The van der Waals surface area contributed by atoms with E-state index in [1.807, 2.05) is 30.6 Å². The molecule has 7 rings (SSSR count). The molecule has 0 aliphatic heterocycles. The molecule has 0 atom stereocenters. The molecule has 3 aromatic heterocycles. The van der Waals surface area contributed by atoms with Crippen molar-refractivity contribution in [2.75, 3.05) is 0 Å². The maximum Gasteiger partial charge on any atom is 0.235 e. The summed E-state index contributed by atoms with van der Waals surface area (Å²) in [6.45, 7) is 0. The number of para-hydroxylation sites is 3. The van der Waals surface area contributed by atoms with Crippen LogP contribution < -0.4 is 0 Å². The van der Waals surface area contributed by atoms with E-state index >= 15 is 0 Å². The van der Waals surface area contributed by atoms with Gasteiger partial charge in [0.15, 0.2) is 0 Å². The van der Waals surface area contributed by atoms with Crippen LogP contribution in [0, 0.1) is 0 Å². The van der Waals surface area contributed by atoms with Crippen LogP contribution in [-0.2, 0) is 0 Å². The highest BCUT2D eigenvalue weighted by molar-refractivity contribution is 6.09. The van der Waals surface area contributed by atoms with Gasteiger partial charge in [-0.2, -0.15) is 0 Å². The Kier molecular flexibility index (Phi) is 3.81. The molecule has 0 bridgehead atoms. The summed E-state index contributed by atoms with van der Waals surface area (Å²) in [5, 5.41) is 5.62. The molecule has 0 radical (unpaired) electrons. The van der Waals surface area contributed by atoms with Gasteiger partial charge in [-0.15, -0.1) is 0 Å². The molecule has 0 spiro atoms. The van der Waals surface area contributed by atoms with Gasteiger partial charge in [0, 0.05) is 39.5 Å². The van der Waals surface area contributed by atoms with Crippen molar-refractivity contribution in [2.24, 2.45) is 0 Å². The maximum absolute atomic E-state index is 5.18. The standard InChI is InChI=1S/C29H18N4/c1-2-10-20-19(9-1)17-30-18-24(20)28-23-13-3-6-14-25(23)31-29(32-28)33-26-15-7-4-11-21(26)22-12-5-8-16-27(22)33/h1-18H. The number of hydrogen-bond donors (Lipinski definition) is 0. The van der Waals surface area contributed by atoms with Crippen molar-refractivity contribution in [3.8, 4) is 17.2 Å². The lowest BCUT2D eigenvalue weighted by atomic mass is 10.0. The molecule has 154 valence electrons. The van der Waals surface area contributed by atoms with Crippen molar-refractivity contribution < 1.29 is 0 Å². The van der Waals surface area contributed by atoms with Gasteiger partial charge >= 0.3 is 0 Å². The molecule has 4 aromatic carbocycles. The average molecular weight is 422 g/mol. The van der Waals surface area contributed by atoms with E-state index in [0.29, 0.717) is 5.95 Å². The molecule has 0 saturated carbocycles. The first kappa shape index (κ1) is 18.0. The van der Waals surface area contributed by atoms with E-state index in [2.05, 4.69) is 88.4 Å². The lowest BCUT2D eigenvalue weighted by molar-refractivity contribution is 1.01. The Bertz CT molecular complexity index is 1770. The molecular weight excluding hydrogens is 404 g/mol. The Hall–Kier alpha value is -4.57. The summed E-state index contributed by atoms with van der Waals surface area (Å²) >= 11 is 0. The fraction of sp³-hybridized carbons (Fsp3) is 0. The van der Waals surface area contributed by atoms with E-state index in [4.69, 9.17) is 9.97 Å². The van der Waals surface area contributed by atoms with Crippen molar-refractivity contribution in [1.29, 1.82) is 0 Å². The molecule has 0 saturated heterocycles. The summed E-state index contributed by atoms with van der Waals surface area (Å²) in [5.41, 5.74) is 5.00. The summed E-state index contributed by atoms with van der Waals surface area (Å²) in [7, 11) is 0. The third-order valence-electron chi connectivity index (χ3n) is 6.29. The van der Waals surface area contributed by atoms with Gasteiger partial charge in [0.1, 0.15) is 0 Å². The highest BCUT2D eigenvalue weighted by Gasteiger charge is 2.17. The molecule has 0 fully saturated rings. The van der Waals surface area contributed by atoms with Crippen LogP contribution in [0.4, 0.5) is 0 Å². The highest BCUT2D eigenvalue weighted by atomic mass is 15.2. The smallest absolute Gasteiger partial charge is 0.235 e. The molecule has 0 unspecified atom stereocenters. The Morgan fingerprint density at radius 1 is 0.515 bits per heavy atom. The van der Waals surface area contributed by atoms with Crippen molar-refractivity contribution >= 4 is 43.5 Å². The number of fused-ring (bicyclic) bond motifs is 5. The molecule has 7 aromatic rings. The third-order valence-corrected chi connectivity index (χ3v) is 6.29. The van der Waals surface area contributed by atoms with Crippen LogP contribution in [-0.4, -0.2) is 19.5 Å². The van der Waals surface area contributed by atoms with Gasteiger partial charge in [-0.3, -0.25) is 9.55 Å². The van der Waals surface area contributed by atoms with E-state index in [9.17, 15) is 0 Å². The number of aromatic nitrogens is 4. The van der Waals surface area contributed by atoms with E-state index in [1.54, 1.807) is 0 Å². The normalized spacial score (nSPS) is 11.6. The Morgan fingerprint density at radius 3 is 1.88 bits per heavy atom. The Morgan fingerprint density at radius 2 is 1.12 bits per heavy atom. The first-order chi connectivity index (χ1) is 16.4. The number of hydrogen-bond acceptors (Lipinski definition) is 3. The fourth-order valence-corrected chi connectivity index (χ4v) is 4.81. The summed E-state index contributed by atoms with van der Waals surface area (Å²) in [5.74, 6) is 0.661. The van der Waals surface area contributed by atoms with Gasteiger partial charge < -0.3 is 0 Å². The van der Waals surface area contributed by atoms with Gasteiger partial charge in [-0.25, -0.2) is 9.97 Å². The van der Waals surface area contributed by atoms with E-state index in [1.165, 1.54) is 10.8 Å². The van der Waals surface area contributed by atoms with Gasteiger partial charge in [-0.05, 0) is 23.6 Å². The van der Waals surface area contributed by atoms with Crippen LogP contribution in [0.1, 0.15) is 0 Å². The van der Waals surface area contributed by atoms with Crippen LogP contribution in [0.5, 0.6) is 0 Å². The molecule has 4 heteroatoms. The number of pyridine rings is 1. The van der Waals surface area contributed by atoms with E-state index < -0.39 is 0 Å². The van der Waals surface area contributed by atoms with Crippen molar-refractivity contribution in [2.45, 2.75) is 0 Å². The van der Waals surface area contributed by atoms with Crippen molar-refractivity contribution in [3.63, 3.8) is 0 Å². The molecular formula is C29H18N4. The monoisotopic (exact) mass is 422 g/mol. The zero-order valence-corrected chi connectivity index (χ0v) is 17.7. The van der Waals surface area contributed by atoms with Gasteiger partial charge in [0.05, 0.1) is 22.2 Å². The second-order valence-electron chi connectivity index (χ2n) is 8.17. The lowest BCUT2D eigenvalue weighted by Gasteiger charge is -2.12. The minimum atomic E-state index is 0.661. The van der Waals surface area contributed by atoms with Crippen LogP contribution in [0.15, 0.2) is 109 Å². The fourth-order valence-electron chi connectivity index (χ4n) is 4.81. The summed E-state index contributed by atoms with van der Waals surface area (Å²) < 4.78 is 2.17.